The Balaban J connectivity index is 1.65. The molecule has 1 amide bonds. The second-order valence-electron chi connectivity index (χ2n) is 8.77. The predicted molar refractivity (Wildman–Crippen MR) is 134 cm³/mol. The number of nitrogens with zero attached hydrogens (tertiary/aromatic N) is 2. The van der Waals surface area contributed by atoms with Crippen LogP contribution in [-0.4, -0.2) is 35.2 Å². The zero-order valence-corrected chi connectivity index (χ0v) is 20.7. The first-order valence-corrected chi connectivity index (χ1v) is 11.8. The summed E-state index contributed by atoms with van der Waals surface area (Å²) in [6.07, 6.45) is -1.12. The average molecular weight is 528 g/mol. The van der Waals surface area contributed by atoms with Crippen molar-refractivity contribution >= 4 is 22.9 Å². The second-order valence-corrected chi connectivity index (χ2v) is 8.77. The third-order valence-electron chi connectivity index (χ3n) is 6.27. The summed E-state index contributed by atoms with van der Waals surface area (Å²) < 4.78 is 58.4. The molecule has 2 aromatic heterocycles. The lowest BCUT2D eigenvalue weighted by Gasteiger charge is -2.15. The number of esters is 1. The smallest absolute Gasteiger partial charge is 0.416 e. The van der Waals surface area contributed by atoms with Gasteiger partial charge in [-0.1, -0.05) is 24.3 Å². The Hall–Kier alpha value is -4.21. The predicted octanol–water partition coefficient (Wildman–Crippen LogP) is 5.89. The standard InChI is InChI=1S/C28H25F4N3O3/c1-17(19-5-7-20(8-6-19)27(37)38-2)34-26(36)23-16-35(14-12-29)25-24(23)21(11-13-33-25)15-18-3-9-22(10-4-18)28(30,31)32/h3-11,13,16-17H,12,14-15H2,1-2H3,(H,34,36). The number of amides is 1. The number of aryl methyl sites for hydroxylation is 1. The molecule has 38 heavy (non-hydrogen) atoms. The van der Waals surface area contributed by atoms with E-state index < -0.39 is 36.3 Å². The van der Waals surface area contributed by atoms with Gasteiger partial charge < -0.3 is 14.6 Å². The van der Waals surface area contributed by atoms with Crippen molar-refractivity contribution in [3.63, 3.8) is 0 Å². The molecule has 1 N–H and O–H groups in total. The van der Waals surface area contributed by atoms with Crippen LogP contribution in [0.1, 0.15) is 55.9 Å². The summed E-state index contributed by atoms with van der Waals surface area (Å²) in [6.45, 7) is 1.11. The fourth-order valence-electron chi connectivity index (χ4n) is 4.28. The summed E-state index contributed by atoms with van der Waals surface area (Å²) in [7, 11) is 1.29. The first-order chi connectivity index (χ1) is 18.1. The van der Waals surface area contributed by atoms with Crippen molar-refractivity contribution in [1.29, 1.82) is 0 Å². The number of aromatic nitrogens is 2. The van der Waals surface area contributed by atoms with Gasteiger partial charge in [0, 0.05) is 17.8 Å². The maximum absolute atomic E-state index is 13.4. The van der Waals surface area contributed by atoms with Gasteiger partial charge >= 0.3 is 12.1 Å². The molecule has 4 aromatic rings. The highest BCUT2D eigenvalue weighted by Crippen LogP contribution is 2.31. The molecule has 0 saturated carbocycles. The zero-order chi connectivity index (χ0) is 27.4. The minimum atomic E-state index is -4.44. The van der Waals surface area contributed by atoms with E-state index in [1.54, 1.807) is 41.8 Å². The lowest BCUT2D eigenvalue weighted by atomic mass is 9.99. The first-order valence-electron chi connectivity index (χ1n) is 11.8. The lowest BCUT2D eigenvalue weighted by molar-refractivity contribution is -0.137. The summed E-state index contributed by atoms with van der Waals surface area (Å²) in [6, 6.07) is 12.7. The molecule has 0 fully saturated rings. The molecule has 2 heterocycles. The van der Waals surface area contributed by atoms with Gasteiger partial charge in [-0.3, -0.25) is 4.79 Å². The SMILES string of the molecule is COC(=O)c1ccc(C(C)NC(=O)c2cn(CCF)c3nccc(Cc4ccc(C(F)(F)F)cc4)c23)cc1. The Labute approximate surface area is 216 Å². The summed E-state index contributed by atoms with van der Waals surface area (Å²) in [5, 5.41) is 3.43. The van der Waals surface area contributed by atoms with E-state index in [4.69, 9.17) is 4.74 Å². The molecule has 0 spiro atoms. The molecule has 2 aromatic carbocycles. The molecule has 0 radical (unpaired) electrons. The monoisotopic (exact) mass is 527 g/mol. The molecule has 1 atom stereocenters. The van der Waals surface area contributed by atoms with Crippen LogP contribution < -0.4 is 5.32 Å². The summed E-state index contributed by atoms with van der Waals surface area (Å²) in [5.41, 5.74) is 2.36. The third kappa shape index (κ3) is 5.69. The van der Waals surface area contributed by atoms with Crippen LogP contribution in [0.2, 0.25) is 0 Å². The van der Waals surface area contributed by atoms with Crippen LogP contribution in [-0.2, 0) is 23.9 Å². The Morgan fingerprint density at radius 1 is 1.05 bits per heavy atom. The largest absolute Gasteiger partial charge is 0.465 e. The van der Waals surface area contributed by atoms with Crippen molar-refractivity contribution in [3.05, 3.63) is 100 Å². The normalized spacial score (nSPS) is 12.4. The Kier molecular flexibility index (Phi) is 7.80. The topological polar surface area (TPSA) is 73.2 Å². The maximum Gasteiger partial charge on any atom is 0.416 e. The van der Waals surface area contributed by atoms with E-state index in [9.17, 15) is 27.2 Å². The number of carbonyl (C=O) groups excluding carboxylic acids is 2. The van der Waals surface area contributed by atoms with Crippen molar-refractivity contribution in [1.82, 2.24) is 14.9 Å². The molecule has 0 bridgehead atoms. The van der Waals surface area contributed by atoms with Gasteiger partial charge in [-0.05, 0) is 60.4 Å². The molecule has 198 valence electrons. The number of carbonyl (C=O) groups is 2. The van der Waals surface area contributed by atoms with E-state index in [1.807, 2.05) is 0 Å². The highest BCUT2D eigenvalue weighted by molar-refractivity contribution is 6.07. The van der Waals surface area contributed by atoms with Gasteiger partial charge in [0.2, 0.25) is 0 Å². The number of rotatable bonds is 8. The number of alkyl halides is 4. The number of fused-ring (bicyclic) bond motifs is 1. The molecular formula is C28H25F4N3O3. The van der Waals surface area contributed by atoms with E-state index >= 15 is 0 Å². The van der Waals surface area contributed by atoms with Gasteiger partial charge in [-0.2, -0.15) is 13.2 Å². The summed E-state index contributed by atoms with van der Waals surface area (Å²) in [5.74, 6) is -0.888. The van der Waals surface area contributed by atoms with Crippen molar-refractivity contribution < 1.29 is 31.9 Å². The Morgan fingerprint density at radius 3 is 2.34 bits per heavy atom. The summed E-state index contributed by atoms with van der Waals surface area (Å²) in [4.78, 5) is 29.4. The van der Waals surface area contributed by atoms with E-state index in [0.29, 0.717) is 27.7 Å². The molecule has 0 aliphatic carbocycles. The first kappa shape index (κ1) is 26.8. The summed E-state index contributed by atoms with van der Waals surface area (Å²) >= 11 is 0. The molecular weight excluding hydrogens is 502 g/mol. The molecule has 10 heteroatoms. The highest BCUT2D eigenvalue weighted by Gasteiger charge is 2.30. The van der Waals surface area contributed by atoms with Crippen molar-refractivity contribution in [3.8, 4) is 0 Å². The molecule has 0 aliphatic rings. The number of hydrogen-bond donors (Lipinski definition) is 1. The zero-order valence-electron chi connectivity index (χ0n) is 20.7. The number of hydrogen-bond acceptors (Lipinski definition) is 4. The van der Waals surface area contributed by atoms with Crippen LogP contribution in [0.5, 0.6) is 0 Å². The number of benzene rings is 2. The Bertz CT molecular complexity index is 1450. The number of ether oxygens (including phenoxy) is 1. The van der Waals surface area contributed by atoms with Gasteiger partial charge in [-0.15, -0.1) is 0 Å². The average Bonchev–Trinajstić information content (AvgIpc) is 3.28. The van der Waals surface area contributed by atoms with Crippen LogP contribution in [0.4, 0.5) is 17.6 Å². The van der Waals surface area contributed by atoms with Crippen molar-refractivity contribution in [2.24, 2.45) is 0 Å². The second kappa shape index (κ2) is 11.0. The van der Waals surface area contributed by atoms with Crippen LogP contribution in [0.3, 0.4) is 0 Å². The van der Waals surface area contributed by atoms with E-state index in [1.165, 1.54) is 31.6 Å². The minimum absolute atomic E-state index is 0.00887. The van der Waals surface area contributed by atoms with Crippen LogP contribution in [0.15, 0.2) is 67.0 Å². The number of halogens is 4. The fraction of sp³-hybridized carbons (Fsp3) is 0.250. The van der Waals surface area contributed by atoms with Crippen LogP contribution in [0, 0.1) is 0 Å². The molecule has 0 aliphatic heterocycles. The van der Waals surface area contributed by atoms with Crippen molar-refractivity contribution in [2.75, 3.05) is 13.8 Å². The van der Waals surface area contributed by atoms with Crippen LogP contribution in [0.25, 0.3) is 11.0 Å². The van der Waals surface area contributed by atoms with Crippen molar-refractivity contribution in [2.45, 2.75) is 32.1 Å². The Morgan fingerprint density at radius 2 is 1.74 bits per heavy atom. The van der Waals surface area contributed by atoms with E-state index in [-0.39, 0.29) is 18.5 Å². The van der Waals surface area contributed by atoms with Gasteiger partial charge in [0.1, 0.15) is 12.3 Å². The molecule has 6 nitrogen and oxygen atoms in total. The van der Waals surface area contributed by atoms with Gasteiger partial charge in [0.15, 0.2) is 0 Å². The number of nitrogens with one attached hydrogen (secondary N) is 1. The fourth-order valence-corrected chi connectivity index (χ4v) is 4.28. The third-order valence-corrected chi connectivity index (χ3v) is 6.27. The molecule has 4 rings (SSSR count). The lowest BCUT2D eigenvalue weighted by Crippen LogP contribution is -2.26. The maximum atomic E-state index is 13.4. The molecule has 1 unspecified atom stereocenters. The van der Waals surface area contributed by atoms with E-state index in [2.05, 4.69) is 10.3 Å². The van der Waals surface area contributed by atoms with Crippen LogP contribution >= 0.6 is 0 Å². The van der Waals surface area contributed by atoms with Gasteiger partial charge in [0.25, 0.3) is 5.91 Å². The highest BCUT2D eigenvalue weighted by atomic mass is 19.4. The van der Waals surface area contributed by atoms with Gasteiger partial charge in [-0.25, -0.2) is 14.2 Å². The van der Waals surface area contributed by atoms with E-state index in [0.717, 1.165) is 17.7 Å². The molecule has 0 saturated heterocycles. The number of methoxy groups -OCH3 is 1. The quantitative estimate of drug-likeness (QED) is 0.229. The van der Waals surface area contributed by atoms with Gasteiger partial charge in [0.05, 0.1) is 36.4 Å². The minimum Gasteiger partial charge on any atom is -0.465 e. The number of pyridine rings is 1.